The number of H-pyrrole nitrogens is 1. The molecule has 0 spiro atoms. The number of piperidine rings is 1. The summed E-state index contributed by atoms with van der Waals surface area (Å²) in [5, 5.41) is 13.9. The molecule has 3 aromatic rings. The molecule has 4 rings (SSSR count). The molecule has 1 aliphatic rings. The summed E-state index contributed by atoms with van der Waals surface area (Å²) in [5.74, 6) is 0.589. The van der Waals surface area contributed by atoms with E-state index < -0.39 is 5.60 Å². The van der Waals surface area contributed by atoms with Gasteiger partial charge in [0.25, 0.3) is 5.91 Å². The Morgan fingerprint density at radius 2 is 2.22 bits per heavy atom. The number of anilines is 1. The van der Waals surface area contributed by atoms with Crippen molar-refractivity contribution in [2.45, 2.75) is 25.4 Å². The van der Waals surface area contributed by atoms with Crippen LogP contribution in [0.25, 0.3) is 11.0 Å². The van der Waals surface area contributed by atoms with E-state index >= 15 is 0 Å². The van der Waals surface area contributed by atoms with Crippen LogP contribution in [0, 0.1) is 6.92 Å². The Hall–Kier alpha value is -3.00. The number of aromatic nitrogens is 4. The third-order valence-corrected chi connectivity index (χ3v) is 4.93. The fourth-order valence-corrected chi connectivity index (χ4v) is 3.49. The van der Waals surface area contributed by atoms with Gasteiger partial charge in [0.15, 0.2) is 0 Å². The first-order valence-corrected chi connectivity index (χ1v) is 9.00. The number of amides is 1. The van der Waals surface area contributed by atoms with Crippen LogP contribution in [0.3, 0.4) is 0 Å². The van der Waals surface area contributed by atoms with Crippen LogP contribution in [0.2, 0.25) is 0 Å². The fraction of sp³-hybridized carbons (Fsp3) is 0.368. The zero-order chi connectivity index (χ0) is 18.9. The molecular weight excluding hydrogens is 344 g/mol. The van der Waals surface area contributed by atoms with Crippen LogP contribution < -0.4 is 10.2 Å². The highest BCUT2D eigenvalue weighted by Gasteiger charge is 2.34. The van der Waals surface area contributed by atoms with Crippen LogP contribution in [0.4, 0.5) is 5.82 Å². The Morgan fingerprint density at radius 1 is 1.33 bits per heavy atom. The lowest BCUT2D eigenvalue weighted by Crippen LogP contribution is -2.54. The molecule has 0 radical (unpaired) electrons. The van der Waals surface area contributed by atoms with Crippen LogP contribution >= 0.6 is 0 Å². The summed E-state index contributed by atoms with van der Waals surface area (Å²) in [4.78, 5) is 30.1. The molecule has 1 aromatic carbocycles. The molecule has 1 unspecified atom stereocenters. The Bertz CT molecular complexity index is 971. The number of β-amino-alcohol motifs (C(OH)–C–C–N with tert-alkyl or cyclic N) is 1. The molecule has 27 heavy (non-hydrogen) atoms. The zero-order valence-electron chi connectivity index (χ0n) is 15.1. The molecule has 3 N–H and O–H groups in total. The first kappa shape index (κ1) is 17.4. The number of carbonyl (C=O) groups is 1. The molecule has 1 atom stereocenters. The van der Waals surface area contributed by atoms with Gasteiger partial charge in [0.05, 0.1) is 23.0 Å². The van der Waals surface area contributed by atoms with E-state index in [0.29, 0.717) is 18.5 Å². The number of hydrogen-bond acceptors (Lipinski definition) is 6. The predicted molar refractivity (Wildman–Crippen MR) is 102 cm³/mol. The molecule has 0 saturated carbocycles. The summed E-state index contributed by atoms with van der Waals surface area (Å²) < 4.78 is 0. The number of imidazole rings is 1. The van der Waals surface area contributed by atoms with Gasteiger partial charge in [-0.2, -0.15) is 0 Å². The monoisotopic (exact) mass is 366 g/mol. The zero-order valence-corrected chi connectivity index (χ0v) is 15.1. The van der Waals surface area contributed by atoms with Crippen LogP contribution in [0.5, 0.6) is 0 Å². The third-order valence-electron chi connectivity index (χ3n) is 4.93. The van der Waals surface area contributed by atoms with Crippen LogP contribution in [0.15, 0.2) is 36.9 Å². The van der Waals surface area contributed by atoms with E-state index in [9.17, 15) is 9.90 Å². The number of aromatic amines is 1. The summed E-state index contributed by atoms with van der Waals surface area (Å²) in [5.41, 5.74) is 2.05. The lowest BCUT2D eigenvalue weighted by molar-refractivity contribution is 0.0254. The smallest absolute Gasteiger partial charge is 0.251 e. The summed E-state index contributed by atoms with van der Waals surface area (Å²) in [6, 6.07) is 7.21. The molecule has 1 aliphatic heterocycles. The number of hydrogen-bond donors (Lipinski definition) is 3. The molecule has 0 aliphatic carbocycles. The van der Waals surface area contributed by atoms with Gasteiger partial charge in [-0.05, 0) is 38.0 Å². The summed E-state index contributed by atoms with van der Waals surface area (Å²) in [6.45, 7) is 3.35. The maximum atomic E-state index is 12.5. The number of benzene rings is 1. The van der Waals surface area contributed by atoms with Gasteiger partial charge >= 0.3 is 0 Å². The maximum Gasteiger partial charge on any atom is 0.251 e. The minimum atomic E-state index is -0.995. The highest BCUT2D eigenvalue weighted by Crippen LogP contribution is 2.24. The van der Waals surface area contributed by atoms with Gasteiger partial charge in [-0.15, -0.1) is 0 Å². The van der Waals surface area contributed by atoms with Crippen molar-refractivity contribution in [1.29, 1.82) is 0 Å². The molecular formula is C19H22N6O2. The van der Waals surface area contributed by atoms with E-state index in [0.717, 1.165) is 35.5 Å². The highest BCUT2D eigenvalue weighted by atomic mass is 16.3. The number of nitrogens with one attached hydrogen (secondary N) is 2. The van der Waals surface area contributed by atoms with Gasteiger partial charge in [-0.1, -0.05) is 0 Å². The average Bonchev–Trinajstić information content (AvgIpc) is 3.14. The molecule has 1 fully saturated rings. The van der Waals surface area contributed by atoms with Crippen molar-refractivity contribution in [1.82, 2.24) is 25.3 Å². The SMILES string of the molecule is Cc1cc(N2CCCC(O)(CNC(=O)c3ccc4nc[nH]c4c3)C2)ncn1. The van der Waals surface area contributed by atoms with Crippen molar-refractivity contribution in [3.8, 4) is 0 Å². The lowest BCUT2D eigenvalue weighted by atomic mass is 9.92. The minimum Gasteiger partial charge on any atom is -0.386 e. The molecule has 140 valence electrons. The normalized spacial score (nSPS) is 20.0. The van der Waals surface area contributed by atoms with Crippen LogP contribution in [-0.2, 0) is 0 Å². The molecule has 3 heterocycles. The second kappa shape index (κ2) is 6.96. The summed E-state index contributed by atoms with van der Waals surface area (Å²) in [7, 11) is 0. The van der Waals surface area contributed by atoms with Crippen LogP contribution in [0.1, 0.15) is 28.9 Å². The van der Waals surface area contributed by atoms with Gasteiger partial charge in [-0.25, -0.2) is 15.0 Å². The van der Waals surface area contributed by atoms with Crippen molar-refractivity contribution in [2.75, 3.05) is 24.5 Å². The van der Waals surface area contributed by atoms with Gasteiger partial charge < -0.3 is 20.3 Å². The molecule has 8 heteroatoms. The fourth-order valence-electron chi connectivity index (χ4n) is 3.49. The lowest BCUT2D eigenvalue weighted by Gasteiger charge is -2.39. The molecule has 2 aromatic heterocycles. The van der Waals surface area contributed by atoms with Gasteiger partial charge in [0, 0.05) is 37.0 Å². The van der Waals surface area contributed by atoms with E-state index in [1.807, 2.05) is 17.9 Å². The van der Waals surface area contributed by atoms with Crippen molar-refractivity contribution in [3.05, 3.63) is 48.2 Å². The average molecular weight is 366 g/mol. The molecule has 1 amide bonds. The number of rotatable bonds is 4. The number of carbonyl (C=O) groups excluding carboxylic acids is 1. The Morgan fingerprint density at radius 3 is 3.07 bits per heavy atom. The largest absolute Gasteiger partial charge is 0.386 e. The van der Waals surface area contributed by atoms with Crippen molar-refractivity contribution in [2.24, 2.45) is 0 Å². The van der Waals surface area contributed by atoms with Gasteiger partial charge in [0.1, 0.15) is 12.1 Å². The number of aryl methyl sites for hydroxylation is 1. The number of nitrogens with zero attached hydrogens (tertiary/aromatic N) is 4. The summed E-state index contributed by atoms with van der Waals surface area (Å²) >= 11 is 0. The molecule has 0 bridgehead atoms. The minimum absolute atomic E-state index is 0.188. The van der Waals surface area contributed by atoms with Crippen molar-refractivity contribution < 1.29 is 9.90 Å². The number of fused-ring (bicyclic) bond motifs is 1. The van der Waals surface area contributed by atoms with Crippen LogP contribution in [-0.4, -0.2) is 56.2 Å². The van der Waals surface area contributed by atoms with E-state index in [2.05, 4.69) is 25.3 Å². The number of aliphatic hydroxyl groups is 1. The Labute approximate surface area is 156 Å². The topological polar surface area (TPSA) is 107 Å². The van der Waals surface area contributed by atoms with E-state index in [1.54, 1.807) is 24.5 Å². The second-order valence-corrected chi connectivity index (χ2v) is 7.08. The van der Waals surface area contributed by atoms with Crippen molar-refractivity contribution in [3.63, 3.8) is 0 Å². The summed E-state index contributed by atoms with van der Waals surface area (Å²) in [6.07, 6.45) is 4.59. The Balaban J connectivity index is 1.42. The van der Waals surface area contributed by atoms with E-state index in [1.165, 1.54) is 6.33 Å². The highest BCUT2D eigenvalue weighted by molar-refractivity contribution is 5.97. The standard InChI is InChI=1S/C19H22N6O2/c1-13-7-17(24-11-21-13)25-6-2-5-19(27,10-25)9-20-18(26)14-3-4-15-16(8-14)23-12-22-15/h3-4,7-8,11-12,27H,2,5-6,9-10H2,1H3,(H,20,26)(H,22,23). The van der Waals surface area contributed by atoms with Crippen molar-refractivity contribution >= 4 is 22.8 Å². The third kappa shape index (κ3) is 3.75. The van der Waals surface area contributed by atoms with Gasteiger partial charge in [-0.3, -0.25) is 4.79 Å². The predicted octanol–water partition coefficient (Wildman–Crippen LogP) is 1.42. The second-order valence-electron chi connectivity index (χ2n) is 7.08. The quantitative estimate of drug-likeness (QED) is 0.645. The molecule has 8 nitrogen and oxygen atoms in total. The van der Waals surface area contributed by atoms with E-state index in [4.69, 9.17) is 0 Å². The first-order chi connectivity index (χ1) is 13.0. The van der Waals surface area contributed by atoms with Gasteiger partial charge in [0.2, 0.25) is 0 Å². The molecule has 1 saturated heterocycles. The van der Waals surface area contributed by atoms with E-state index in [-0.39, 0.29) is 12.5 Å². The first-order valence-electron chi connectivity index (χ1n) is 9.00. The maximum absolute atomic E-state index is 12.5. The Kier molecular flexibility index (Phi) is 4.49.